The highest BCUT2D eigenvalue weighted by Gasteiger charge is 2.20. The van der Waals surface area contributed by atoms with Crippen molar-refractivity contribution in [2.45, 2.75) is 38.7 Å². The fraction of sp³-hybridized carbons (Fsp3) is 0.571. The molecule has 1 aromatic carbocycles. The zero-order chi connectivity index (χ0) is 13.6. The van der Waals surface area contributed by atoms with E-state index in [-0.39, 0.29) is 0 Å². The van der Waals surface area contributed by atoms with Crippen molar-refractivity contribution in [3.63, 3.8) is 0 Å². The number of nitrogens with one attached hydrogen (secondary N) is 1. The number of hydrogen-bond donors (Lipinski definition) is 2. The Hall–Kier alpha value is -0.280. The maximum absolute atomic E-state index is 10.1. The molecule has 0 heterocycles. The smallest absolute Gasteiger partial charge is 0.0766 e. The van der Waals surface area contributed by atoms with Crippen LogP contribution in [0.25, 0.3) is 0 Å². The summed E-state index contributed by atoms with van der Waals surface area (Å²) < 4.78 is 0. The lowest BCUT2D eigenvalue weighted by atomic mass is 9.97. The Bertz CT molecular complexity index is 378. The van der Waals surface area contributed by atoms with Crippen molar-refractivity contribution in [3.8, 4) is 0 Å². The SMILES string of the molecule is CCC(O)(CC)CNCCc1ccc(Cl)cc1Cl. The molecule has 0 amide bonds. The Kier molecular flexibility index (Phi) is 6.44. The standard InChI is InChI=1S/C14H21Cl2NO/c1-3-14(18,4-2)10-17-8-7-11-5-6-12(15)9-13(11)16/h5-6,9,17-18H,3-4,7-8,10H2,1-2H3. The molecule has 2 nitrogen and oxygen atoms in total. The summed E-state index contributed by atoms with van der Waals surface area (Å²) in [6.45, 7) is 5.41. The summed E-state index contributed by atoms with van der Waals surface area (Å²) in [5.41, 5.74) is 0.481. The van der Waals surface area contributed by atoms with E-state index >= 15 is 0 Å². The number of benzene rings is 1. The van der Waals surface area contributed by atoms with Crippen molar-refractivity contribution in [3.05, 3.63) is 33.8 Å². The predicted octanol–water partition coefficient (Wildman–Crippen LogP) is 3.68. The molecule has 0 spiro atoms. The van der Waals surface area contributed by atoms with Crippen molar-refractivity contribution < 1.29 is 5.11 Å². The summed E-state index contributed by atoms with van der Waals surface area (Å²) in [6.07, 6.45) is 2.36. The zero-order valence-electron chi connectivity index (χ0n) is 11.0. The summed E-state index contributed by atoms with van der Waals surface area (Å²) in [7, 11) is 0. The summed E-state index contributed by atoms with van der Waals surface area (Å²) in [5, 5.41) is 14.7. The van der Waals surface area contributed by atoms with Gasteiger partial charge in [0.2, 0.25) is 0 Å². The van der Waals surface area contributed by atoms with Crippen molar-refractivity contribution in [2.24, 2.45) is 0 Å². The first-order chi connectivity index (χ1) is 8.50. The molecule has 102 valence electrons. The minimum absolute atomic E-state index is 0.593. The van der Waals surface area contributed by atoms with E-state index in [1.807, 2.05) is 26.0 Å². The fourth-order valence-corrected chi connectivity index (χ4v) is 2.27. The molecule has 0 aliphatic carbocycles. The Labute approximate surface area is 119 Å². The number of halogens is 2. The van der Waals surface area contributed by atoms with E-state index in [1.54, 1.807) is 6.07 Å². The molecule has 0 aliphatic rings. The van der Waals surface area contributed by atoms with Gasteiger partial charge in [0.25, 0.3) is 0 Å². The average Bonchev–Trinajstić information content (AvgIpc) is 2.36. The van der Waals surface area contributed by atoms with E-state index in [2.05, 4.69) is 5.32 Å². The van der Waals surface area contributed by atoms with Crippen molar-refractivity contribution in [1.29, 1.82) is 0 Å². The van der Waals surface area contributed by atoms with E-state index in [0.717, 1.165) is 31.4 Å². The third kappa shape index (κ3) is 4.77. The van der Waals surface area contributed by atoms with Gasteiger partial charge in [-0.2, -0.15) is 0 Å². The number of aliphatic hydroxyl groups is 1. The van der Waals surface area contributed by atoms with E-state index in [1.165, 1.54) is 0 Å². The van der Waals surface area contributed by atoms with Crippen LogP contribution in [0, 0.1) is 0 Å². The molecular formula is C14H21Cl2NO. The van der Waals surface area contributed by atoms with Gasteiger partial charge in [-0.25, -0.2) is 0 Å². The van der Waals surface area contributed by atoms with Crippen LogP contribution in [-0.4, -0.2) is 23.8 Å². The van der Waals surface area contributed by atoms with Crippen molar-refractivity contribution in [1.82, 2.24) is 5.32 Å². The fourth-order valence-electron chi connectivity index (χ4n) is 1.77. The minimum atomic E-state index is -0.593. The van der Waals surface area contributed by atoms with Crippen LogP contribution < -0.4 is 5.32 Å². The highest BCUT2D eigenvalue weighted by atomic mass is 35.5. The summed E-state index contributed by atoms with van der Waals surface area (Å²) in [6, 6.07) is 5.54. The van der Waals surface area contributed by atoms with Gasteiger partial charge in [0.05, 0.1) is 5.60 Å². The Balaban J connectivity index is 2.38. The average molecular weight is 290 g/mol. The third-order valence-electron chi connectivity index (χ3n) is 3.36. The molecule has 0 aliphatic heterocycles. The first-order valence-corrected chi connectivity index (χ1v) is 7.13. The molecular weight excluding hydrogens is 269 g/mol. The van der Waals surface area contributed by atoms with E-state index in [4.69, 9.17) is 23.2 Å². The lowest BCUT2D eigenvalue weighted by Gasteiger charge is -2.25. The van der Waals surface area contributed by atoms with Crippen LogP contribution in [0.1, 0.15) is 32.3 Å². The first-order valence-electron chi connectivity index (χ1n) is 6.38. The summed E-state index contributed by atoms with van der Waals surface area (Å²) in [4.78, 5) is 0. The van der Waals surface area contributed by atoms with Crippen molar-refractivity contribution in [2.75, 3.05) is 13.1 Å². The van der Waals surface area contributed by atoms with Crippen molar-refractivity contribution >= 4 is 23.2 Å². The lowest BCUT2D eigenvalue weighted by Crippen LogP contribution is -2.40. The van der Waals surface area contributed by atoms with Gasteiger partial charge in [0.15, 0.2) is 0 Å². The highest BCUT2D eigenvalue weighted by molar-refractivity contribution is 6.35. The molecule has 18 heavy (non-hydrogen) atoms. The molecule has 0 aromatic heterocycles. The van der Waals surface area contributed by atoms with E-state index in [9.17, 15) is 5.11 Å². The lowest BCUT2D eigenvalue weighted by molar-refractivity contribution is 0.0328. The van der Waals surface area contributed by atoms with Gasteiger partial charge < -0.3 is 10.4 Å². The second-order valence-corrected chi connectivity index (χ2v) is 5.44. The van der Waals surface area contributed by atoms with Gasteiger partial charge in [-0.05, 0) is 43.5 Å². The molecule has 0 atom stereocenters. The topological polar surface area (TPSA) is 32.3 Å². The third-order valence-corrected chi connectivity index (χ3v) is 3.94. The largest absolute Gasteiger partial charge is 0.389 e. The minimum Gasteiger partial charge on any atom is -0.389 e. The Morgan fingerprint density at radius 1 is 1.22 bits per heavy atom. The quantitative estimate of drug-likeness (QED) is 0.751. The van der Waals surface area contributed by atoms with Crippen LogP contribution in [0.15, 0.2) is 18.2 Å². The molecule has 0 fully saturated rings. The van der Waals surface area contributed by atoms with Gasteiger partial charge in [-0.15, -0.1) is 0 Å². The van der Waals surface area contributed by atoms with Crippen LogP contribution in [-0.2, 0) is 6.42 Å². The summed E-state index contributed by atoms with van der Waals surface area (Å²) >= 11 is 11.9. The maximum atomic E-state index is 10.1. The number of rotatable bonds is 7. The summed E-state index contributed by atoms with van der Waals surface area (Å²) in [5.74, 6) is 0. The van der Waals surface area contributed by atoms with Crippen LogP contribution >= 0.6 is 23.2 Å². The first kappa shape index (κ1) is 15.8. The molecule has 0 unspecified atom stereocenters. The van der Waals surface area contributed by atoms with Crippen LogP contribution in [0.3, 0.4) is 0 Å². The second kappa shape index (κ2) is 7.34. The highest BCUT2D eigenvalue weighted by Crippen LogP contribution is 2.21. The van der Waals surface area contributed by atoms with E-state index in [0.29, 0.717) is 16.6 Å². The van der Waals surface area contributed by atoms with Gasteiger partial charge >= 0.3 is 0 Å². The van der Waals surface area contributed by atoms with Gasteiger partial charge in [0.1, 0.15) is 0 Å². The van der Waals surface area contributed by atoms with Crippen LogP contribution in [0.2, 0.25) is 10.0 Å². The molecule has 4 heteroatoms. The van der Waals surface area contributed by atoms with Gasteiger partial charge in [-0.1, -0.05) is 43.1 Å². The molecule has 0 saturated heterocycles. The van der Waals surface area contributed by atoms with Gasteiger partial charge in [-0.3, -0.25) is 0 Å². The molecule has 0 bridgehead atoms. The molecule has 1 aromatic rings. The normalized spacial score (nSPS) is 11.8. The maximum Gasteiger partial charge on any atom is 0.0766 e. The second-order valence-electron chi connectivity index (χ2n) is 4.59. The van der Waals surface area contributed by atoms with Crippen LogP contribution in [0.5, 0.6) is 0 Å². The Morgan fingerprint density at radius 3 is 2.44 bits per heavy atom. The molecule has 0 saturated carbocycles. The molecule has 0 radical (unpaired) electrons. The monoisotopic (exact) mass is 289 g/mol. The van der Waals surface area contributed by atoms with Crippen LogP contribution in [0.4, 0.5) is 0 Å². The Morgan fingerprint density at radius 2 is 1.89 bits per heavy atom. The zero-order valence-corrected chi connectivity index (χ0v) is 12.5. The molecule has 1 rings (SSSR count). The number of hydrogen-bond acceptors (Lipinski definition) is 2. The van der Waals surface area contributed by atoms with E-state index < -0.39 is 5.60 Å². The molecule has 2 N–H and O–H groups in total. The predicted molar refractivity (Wildman–Crippen MR) is 78.6 cm³/mol. The van der Waals surface area contributed by atoms with Gasteiger partial charge in [0, 0.05) is 16.6 Å².